The molecule has 20 heavy (non-hydrogen) atoms. The van der Waals surface area contributed by atoms with Gasteiger partial charge in [0.15, 0.2) is 10.8 Å². The summed E-state index contributed by atoms with van der Waals surface area (Å²) in [5, 5.41) is 13.2. The smallest absolute Gasteiger partial charge is 0.260 e. The second-order valence-corrected chi connectivity index (χ2v) is 5.90. The first-order valence-corrected chi connectivity index (χ1v) is 7.66. The zero-order valence-electron chi connectivity index (χ0n) is 11.3. The molecule has 2 rings (SSSR count). The van der Waals surface area contributed by atoms with Crippen molar-refractivity contribution in [1.82, 2.24) is 25.4 Å². The van der Waals surface area contributed by atoms with E-state index in [9.17, 15) is 8.42 Å². The summed E-state index contributed by atoms with van der Waals surface area (Å²) in [7, 11) is -3.70. The number of sulfonamides is 1. The zero-order chi connectivity index (χ0) is 14.6. The van der Waals surface area contributed by atoms with Gasteiger partial charge in [-0.05, 0) is 13.5 Å². The van der Waals surface area contributed by atoms with E-state index in [1.54, 1.807) is 13.0 Å². The normalized spacial score (nSPS) is 11.9. The van der Waals surface area contributed by atoms with Gasteiger partial charge in [0, 0.05) is 23.9 Å². The Kier molecular flexibility index (Phi) is 4.53. The Morgan fingerprint density at radius 3 is 2.85 bits per heavy atom. The summed E-state index contributed by atoms with van der Waals surface area (Å²) >= 11 is 0. The molecule has 0 saturated carbocycles. The van der Waals surface area contributed by atoms with Gasteiger partial charge in [0.2, 0.25) is 0 Å². The van der Waals surface area contributed by atoms with Crippen LogP contribution in [0.1, 0.15) is 23.9 Å². The molecule has 0 aliphatic rings. The molecule has 0 unspecified atom stereocenters. The average molecular weight is 299 g/mol. The lowest BCUT2D eigenvalue weighted by molar-refractivity contribution is 0.380. The van der Waals surface area contributed by atoms with E-state index in [0.29, 0.717) is 17.9 Å². The van der Waals surface area contributed by atoms with Crippen molar-refractivity contribution >= 4 is 10.0 Å². The summed E-state index contributed by atoms with van der Waals surface area (Å²) in [5.74, 6) is 0.439. The van der Waals surface area contributed by atoms with Crippen LogP contribution in [0.15, 0.2) is 21.8 Å². The van der Waals surface area contributed by atoms with Crippen LogP contribution in [0.4, 0.5) is 0 Å². The maximum Gasteiger partial charge on any atom is 0.260 e. The Hall–Kier alpha value is -1.71. The second kappa shape index (κ2) is 6.16. The van der Waals surface area contributed by atoms with E-state index >= 15 is 0 Å². The Morgan fingerprint density at radius 1 is 1.40 bits per heavy atom. The highest BCUT2D eigenvalue weighted by molar-refractivity contribution is 7.89. The number of aromatic amines is 1. The number of rotatable bonds is 7. The van der Waals surface area contributed by atoms with E-state index in [-0.39, 0.29) is 11.6 Å². The molecule has 0 atom stereocenters. The van der Waals surface area contributed by atoms with Crippen molar-refractivity contribution in [1.29, 1.82) is 0 Å². The molecule has 0 spiro atoms. The van der Waals surface area contributed by atoms with Crippen molar-refractivity contribution in [3.63, 3.8) is 0 Å². The number of aryl methyl sites for hydroxylation is 1. The van der Waals surface area contributed by atoms with Crippen molar-refractivity contribution in [2.24, 2.45) is 0 Å². The van der Waals surface area contributed by atoms with Crippen molar-refractivity contribution < 1.29 is 12.9 Å². The third-order valence-corrected chi connectivity index (χ3v) is 4.14. The topological polar surface area (TPSA) is 113 Å². The van der Waals surface area contributed by atoms with Crippen molar-refractivity contribution in [3.05, 3.63) is 29.3 Å². The molecule has 0 amide bonds. The molecule has 9 heteroatoms. The highest BCUT2D eigenvalue weighted by atomic mass is 32.2. The van der Waals surface area contributed by atoms with E-state index in [2.05, 4.69) is 25.4 Å². The van der Waals surface area contributed by atoms with Gasteiger partial charge < -0.3 is 9.84 Å². The Morgan fingerprint density at radius 2 is 2.20 bits per heavy atom. The monoisotopic (exact) mass is 299 g/mol. The SMILES string of the molecule is CCNCc1c(S(=O)(=O)NCc2ccno2)n[nH]c1C. The Bertz CT molecular complexity index is 648. The molecule has 0 aromatic carbocycles. The zero-order valence-corrected chi connectivity index (χ0v) is 12.1. The van der Waals surface area contributed by atoms with Crippen LogP contribution in [0, 0.1) is 6.92 Å². The third-order valence-electron chi connectivity index (χ3n) is 2.77. The van der Waals surface area contributed by atoms with E-state index in [4.69, 9.17) is 4.52 Å². The summed E-state index contributed by atoms with van der Waals surface area (Å²) < 4.78 is 31.8. The van der Waals surface area contributed by atoms with Gasteiger partial charge in [-0.3, -0.25) is 5.10 Å². The van der Waals surface area contributed by atoms with Crippen LogP contribution in [0.25, 0.3) is 0 Å². The molecule has 0 fully saturated rings. The minimum Gasteiger partial charge on any atom is -0.360 e. The molecule has 2 heterocycles. The minimum absolute atomic E-state index is 0.00969. The molecule has 0 aliphatic heterocycles. The minimum atomic E-state index is -3.70. The lowest BCUT2D eigenvalue weighted by atomic mass is 10.2. The van der Waals surface area contributed by atoms with Gasteiger partial charge in [-0.25, -0.2) is 13.1 Å². The molecule has 0 bridgehead atoms. The first-order chi connectivity index (χ1) is 9.54. The molecule has 3 N–H and O–H groups in total. The predicted molar refractivity (Wildman–Crippen MR) is 71.2 cm³/mol. The number of nitrogens with zero attached hydrogens (tertiary/aromatic N) is 2. The number of H-pyrrole nitrogens is 1. The Labute approximate surface area is 117 Å². The summed E-state index contributed by atoms with van der Waals surface area (Å²) in [6.45, 7) is 4.96. The highest BCUT2D eigenvalue weighted by Gasteiger charge is 2.23. The largest absolute Gasteiger partial charge is 0.360 e. The molecule has 0 aliphatic carbocycles. The van der Waals surface area contributed by atoms with Gasteiger partial charge >= 0.3 is 0 Å². The van der Waals surface area contributed by atoms with E-state index in [0.717, 1.165) is 12.2 Å². The van der Waals surface area contributed by atoms with Gasteiger partial charge in [0.05, 0.1) is 12.7 Å². The second-order valence-electron chi connectivity index (χ2n) is 4.22. The van der Waals surface area contributed by atoms with Crippen molar-refractivity contribution in [3.8, 4) is 0 Å². The van der Waals surface area contributed by atoms with Crippen molar-refractivity contribution in [2.45, 2.75) is 32.0 Å². The summed E-state index contributed by atoms with van der Waals surface area (Å²) in [5.41, 5.74) is 1.36. The fraction of sp³-hybridized carbons (Fsp3) is 0.455. The molecular weight excluding hydrogens is 282 g/mol. The predicted octanol–water partition coefficient (Wildman–Crippen LogP) is 0.294. The van der Waals surface area contributed by atoms with Gasteiger partial charge in [-0.15, -0.1) is 0 Å². The standard InChI is InChI=1S/C11H17N5O3S/c1-3-12-7-10-8(2)15-16-11(10)20(17,18)14-6-9-4-5-13-19-9/h4-5,12,14H,3,6-7H2,1-2H3,(H,15,16). The number of hydrogen-bond acceptors (Lipinski definition) is 6. The molecule has 8 nitrogen and oxygen atoms in total. The maximum absolute atomic E-state index is 12.2. The lowest BCUT2D eigenvalue weighted by Gasteiger charge is -2.06. The van der Waals surface area contributed by atoms with Gasteiger partial charge in [-0.1, -0.05) is 12.1 Å². The van der Waals surface area contributed by atoms with Gasteiger partial charge in [-0.2, -0.15) is 5.10 Å². The molecule has 0 radical (unpaired) electrons. The number of hydrogen-bond donors (Lipinski definition) is 3. The van der Waals surface area contributed by atoms with E-state index < -0.39 is 10.0 Å². The van der Waals surface area contributed by atoms with Crippen LogP contribution >= 0.6 is 0 Å². The van der Waals surface area contributed by atoms with Gasteiger partial charge in [0.1, 0.15) is 0 Å². The summed E-state index contributed by atoms with van der Waals surface area (Å²) in [6, 6.07) is 1.60. The highest BCUT2D eigenvalue weighted by Crippen LogP contribution is 2.16. The molecule has 2 aromatic heterocycles. The average Bonchev–Trinajstić information content (AvgIpc) is 3.04. The summed E-state index contributed by atoms with van der Waals surface area (Å²) in [4.78, 5) is 0. The van der Waals surface area contributed by atoms with Gasteiger partial charge in [0.25, 0.3) is 10.0 Å². The van der Waals surface area contributed by atoms with Crippen LogP contribution in [-0.2, 0) is 23.1 Å². The van der Waals surface area contributed by atoms with Crippen LogP contribution in [0.5, 0.6) is 0 Å². The molecule has 0 saturated heterocycles. The Balaban J connectivity index is 2.16. The quantitative estimate of drug-likeness (QED) is 0.677. The van der Waals surface area contributed by atoms with E-state index in [1.807, 2.05) is 6.92 Å². The van der Waals surface area contributed by atoms with Crippen LogP contribution in [-0.4, -0.2) is 30.3 Å². The summed E-state index contributed by atoms with van der Waals surface area (Å²) in [6.07, 6.45) is 1.46. The number of aromatic nitrogens is 3. The van der Waals surface area contributed by atoms with Crippen LogP contribution < -0.4 is 10.0 Å². The van der Waals surface area contributed by atoms with Crippen molar-refractivity contribution in [2.75, 3.05) is 6.54 Å². The first kappa shape index (κ1) is 14.7. The molecular formula is C11H17N5O3S. The lowest BCUT2D eigenvalue weighted by Crippen LogP contribution is -2.25. The fourth-order valence-corrected chi connectivity index (χ4v) is 2.86. The molecule has 110 valence electrons. The fourth-order valence-electron chi connectivity index (χ4n) is 1.68. The number of nitrogens with one attached hydrogen (secondary N) is 3. The van der Waals surface area contributed by atoms with Crippen LogP contribution in [0.2, 0.25) is 0 Å². The third kappa shape index (κ3) is 3.24. The maximum atomic E-state index is 12.2. The van der Waals surface area contributed by atoms with E-state index in [1.165, 1.54) is 6.20 Å². The first-order valence-electron chi connectivity index (χ1n) is 6.18. The molecule has 2 aromatic rings. The van der Waals surface area contributed by atoms with Crippen LogP contribution in [0.3, 0.4) is 0 Å².